The number of carbonyl (C=O) groups excluding carboxylic acids is 1. The molecule has 20 heavy (non-hydrogen) atoms. The zero-order chi connectivity index (χ0) is 14.5. The number of carbonyl (C=O) groups is 1. The van der Waals surface area contributed by atoms with Crippen molar-refractivity contribution in [1.82, 2.24) is 9.88 Å². The highest BCUT2D eigenvalue weighted by molar-refractivity contribution is 5.92. The molecule has 1 aromatic heterocycles. The first-order valence-corrected chi connectivity index (χ1v) is 7.15. The van der Waals surface area contributed by atoms with E-state index in [-0.39, 0.29) is 5.91 Å². The van der Waals surface area contributed by atoms with Gasteiger partial charge in [0, 0.05) is 45.0 Å². The van der Waals surface area contributed by atoms with Crippen molar-refractivity contribution in [1.29, 1.82) is 0 Å². The van der Waals surface area contributed by atoms with Crippen molar-refractivity contribution in [3.05, 3.63) is 24.0 Å². The smallest absolute Gasteiger partial charge is 0.272 e. The molecular formula is C15H23N3O2. The molecule has 5 heteroatoms. The van der Waals surface area contributed by atoms with Gasteiger partial charge in [-0.05, 0) is 25.0 Å². The van der Waals surface area contributed by atoms with Crippen LogP contribution < -0.4 is 5.32 Å². The largest absolute Gasteiger partial charge is 0.385 e. The molecule has 1 aliphatic heterocycles. The first-order chi connectivity index (χ1) is 9.61. The van der Waals surface area contributed by atoms with Crippen molar-refractivity contribution < 1.29 is 9.53 Å². The SMILES string of the molecule is CCC1OCCC1CNc1ccnc(C(=O)N(C)C)c1. The number of aromatic nitrogens is 1. The second-order valence-electron chi connectivity index (χ2n) is 5.38. The maximum Gasteiger partial charge on any atom is 0.272 e. The molecule has 0 saturated carbocycles. The van der Waals surface area contributed by atoms with Crippen molar-refractivity contribution >= 4 is 11.6 Å². The van der Waals surface area contributed by atoms with Gasteiger partial charge in [-0.15, -0.1) is 0 Å². The number of nitrogens with one attached hydrogen (secondary N) is 1. The first kappa shape index (κ1) is 14.8. The van der Waals surface area contributed by atoms with Crippen LogP contribution in [-0.4, -0.2) is 49.1 Å². The fourth-order valence-corrected chi connectivity index (χ4v) is 2.51. The average molecular weight is 277 g/mol. The van der Waals surface area contributed by atoms with E-state index in [9.17, 15) is 4.79 Å². The Bertz CT molecular complexity index is 462. The Labute approximate surface area is 120 Å². The Hall–Kier alpha value is -1.62. The van der Waals surface area contributed by atoms with Gasteiger partial charge in [-0.1, -0.05) is 6.92 Å². The van der Waals surface area contributed by atoms with Crippen LogP contribution in [0.1, 0.15) is 30.3 Å². The molecule has 5 nitrogen and oxygen atoms in total. The predicted octanol–water partition coefficient (Wildman–Crippen LogP) is 2.01. The van der Waals surface area contributed by atoms with E-state index in [1.165, 1.54) is 4.90 Å². The third-order valence-corrected chi connectivity index (χ3v) is 3.70. The van der Waals surface area contributed by atoms with Crippen molar-refractivity contribution in [2.24, 2.45) is 5.92 Å². The summed E-state index contributed by atoms with van der Waals surface area (Å²) in [7, 11) is 3.46. The van der Waals surface area contributed by atoms with Crippen molar-refractivity contribution in [3.8, 4) is 0 Å². The van der Waals surface area contributed by atoms with Gasteiger partial charge in [0.25, 0.3) is 5.91 Å². The van der Waals surface area contributed by atoms with Gasteiger partial charge < -0.3 is 15.0 Å². The molecule has 1 N–H and O–H groups in total. The fraction of sp³-hybridized carbons (Fsp3) is 0.600. The number of hydrogen-bond donors (Lipinski definition) is 1. The lowest BCUT2D eigenvalue weighted by atomic mass is 9.99. The zero-order valence-electron chi connectivity index (χ0n) is 12.4. The van der Waals surface area contributed by atoms with Crippen LogP contribution in [0.4, 0.5) is 5.69 Å². The molecule has 0 aromatic carbocycles. The van der Waals surface area contributed by atoms with Gasteiger partial charge in [0.05, 0.1) is 6.10 Å². The normalized spacial score (nSPS) is 21.8. The molecule has 2 heterocycles. The van der Waals surface area contributed by atoms with Crippen LogP contribution in [0.25, 0.3) is 0 Å². The second kappa shape index (κ2) is 6.70. The van der Waals surface area contributed by atoms with Gasteiger partial charge in [-0.25, -0.2) is 0 Å². The molecule has 0 bridgehead atoms. The second-order valence-corrected chi connectivity index (χ2v) is 5.38. The van der Waals surface area contributed by atoms with Gasteiger partial charge in [-0.2, -0.15) is 0 Å². The lowest BCUT2D eigenvalue weighted by Gasteiger charge is -2.18. The summed E-state index contributed by atoms with van der Waals surface area (Å²) in [5, 5.41) is 3.39. The maximum atomic E-state index is 11.9. The van der Waals surface area contributed by atoms with E-state index in [0.29, 0.717) is 17.7 Å². The molecule has 1 fully saturated rings. The number of amides is 1. The fourth-order valence-electron chi connectivity index (χ4n) is 2.51. The Morgan fingerprint density at radius 2 is 2.35 bits per heavy atom. The molecule has 0 spiro atoms. The van der Waals surface area contributed by atoms with Crippen LogP contribution in [0.15, 0.2) is 18.3 Å². The molecule has 1 aromatic rings. The van der Waals surface area contributed by atoms with E-state index in [2.05, 4.69) is 17.2 Å². The minimum atomic E-state index is -0.0794. The summed E-state index contributed by atoms with van der Waals surface area (Å²) in [5.41, 5.74) is 1.40. The van der Waals surface area contributed by atoms with E-state index in [4.69, 9.17) is 4.74 Å². The number of rotatable bonds is 5. The van der Waals surface area contributed by atoms with Gasteiger partial charge in [-0.3, -0.25) is 9.78 Å². The van der Waals surface area contributed by atoms with Crippen LogP contribution in [0.2, 0.25) is 0 Å². The third-order valence-electron chi connectivity index (χ3n) is 3.70. The summed E-state index contributed by atoms with van der Waals surface area (Å²) in [6.07, 6.45) is 4.17. The zero-order valence-corrected chi connectivity index (χ0v) is 12.4. The van der Waals surface area contributed by atoms with E-state index in [0.717, 1.165) is 31.7 Å². The summed E-state index contributed by atoms with van der Waals surface area (Å²) < 4.78 is 5.68. The predicted molar refractivity (Wildman–Crippen MR) is 78.9 cm³/mol. The summed E-state index contributed by atoms with van der Waals surface area (Å²) in [6, 6.07) is 3.70. The molecular weight excluding hydrogens is 254 g/mol. The van der Waals surface area contributed by atoms with Crippen molar-refractivity contribution in [2.75, 3.05) is 32.6 Å². The Morgan fingerprint density at radius 3 is 3.05 bits per heavy atom. The van der Waals surface area contributed by atoms with Crippen LogP contribution in [-0.2, 0) is 4.74 Å². The molecule has 0 radical (unpaired) electrons. The molecule has 1 saturated heterocycles. The number of anilines is 1. The standard InChI is InChI=1S/C15H23N3O2/c1-4-14-11(6-8-20-14)10-17-12-5-7-16-13(9-12)15(19)18(2)3/h5,7,9,11,14H,4,6,8,10H2,1-3H3,(H,16,17). The average Bonchev–Trinajstić information content (AvgIpc) is 2.92. The number of pyridine rings is 1. The highest BCUT2D eigenvalue weighted by Crippen LogP contribution is 2.23. The Balaban J connectivity index is 1.96. The van der Waals surface area contributed by atoms with E-state index in [1.54, 1.807) is 26.4 Å². The summed E-state index contributed by atoms with van der Waals surface area (Å²) >= 11 is 0. The first-order valence-electron chi connectivity index (χ1n) is 7.15. The number of hydrogen-bond acceptors (Lipinski definition) is 4. The quantitative estimate of drug-likeness (QED) is 0.894. The Kier molecular flexibility index (Phi) is 4.95. The van der Waals surface area contributed by atoms with Crippen molar-refractivity contribution in [2.45, 2.75) is 25.9 Å². The minimum absolute atomic E-state index is 0.0794. The van der Waals surface area contributed by atoms with Gasteiger partial charge in [0.15, 0.2) is 0 Å². The monoisotopic (exact) mass is 277 g/mol. The van der Waals surface area contributed by atoms with Crippen LogP contribution in [0.3, 0.4) is 0 Å². The lowest BCUT2D eigenvalue weighted by molar-refractivity contribution is 0.0822. The summed E-state index contributed by atoms with van der Waals surface area (Å²) in [5.74, 6) is 0.463. The molecule has 2 atom stereocenters. The molecule has 1 aliphatic rings. The van der Waals surface area contributed by atoms with Gasteiger partial charge in [0.1, 0.15) is 5.69 Å². The topological polar surface area (TPSA) is 54.5 Å². The Morgan fingerprint density at radius 1 is 1.55 bits per heavy atom. The third kappa shape index (κ3) is 3.48. The van der Waals surface area contributed by atoms with E-state index < -0.39 is 0 Å². The molecule has 110 valence electrons. The van der Waals surface area contributed by atoms with Crippen LogP contribution in [0.5, 0.6) is 0 Å². The molecule has 0 aliphatic carbocycles. The van der Waals surface area contributed by atoms with E-state index >= 15 is 0 Å². The minimum Gasteiger partial charge on any atom is -0.385 e. The highest BCUT2D eigenvalue weighted by Gasteiger charge is 2.26. The van der Waals surface area contributed by atoms with E-state index in [1.807, 2.05) is 6.07 Å². The lowest BCUT2D eigenvalue weighted by Crippen LogP contribution is -2.24. The molecule has 2 unspecified atom stereocenters. The highest BCUT2D eigenvalue weighted by atomic mass is 16.5. The van der Waals surface area contributed by atoms with Gasteiger partial charge >= 0.3 is 0 Å². The van der Waals surface area contributed by atoms with Gasteiger partial charge in [0.2, 0.25) is 0 Å². The molecule has 1 amide bonds. The summed E-state index contributed by atoms with van der Waals surface area (Å²) in [6.45, 7) is 3.88. The van der Waals surface area contributed by atoms with Crippen LogP contribution >= 0.6 is 0 Å². The maximum absolute atomic E-state index is 11.9. The van der Waals surface area contributed by atoms with Crippen molar-refractivity contribution in [3.63, 3.8) is 0 Å². The number of nitrogens with zero attached hydrogens (tertiary/aromatic N) is 2. The van der Waals surface area contributed by atoms with Crippen LogP contribution in [0, 0.1) is 5.92 Å². The molecule has 2 rings (SSSR count). The summed E-state index contributed by atoms with van der Waals surface area (Å²) in [4.78, 5) is 17.5. The number of ether oxygens (including phenoxy) is 1.